The van der Waals surface area contributed by atoms with E-state index in [0.717, 1.165) is 5.69 Å². The van der Waals surface area contributed by atoms with Crippen molar-refractivity contribution in [2.75, 3.05) is 11.9 Å². The number of para-hydroxylation sites is 1. The Morgan fingerprint density at radius 3 is 2.55 bits per heavy atom. The molecule has 0 saturated carbocycles. The quantitative estimate of drug-likeness (QED) is 0.864. The molecule has 1 heterocycles. The molecule has 20 heavy (non-hydrogen) atoms. The fourth-order valence-electron chi connectivity index (χ4n) is 1.66. The largest absolute Gasteiger partial charge is 0.425 e. The third kappa shape index (κ3) is 3.74. The normalized spacial score (nSPS) is 19.2. The van der Waals surface area contributed by atoms with Gasteiger partial charge in [0.2, 0.25) is 6.29 Å². The van der Waals surface area contributed by atoms with E-state index in [1.165, 1.54) is 0 Å². The lowest BCUT2D eigenvalue weighted by molar-refractivity contribution is -0.163. The molecule has 0 fully saturated rings. The van der Waals surface area contributed by atoms with Crippen molar-refractivity contribution in [2.45, 2.75) is 27.1 Å². The number of ether oxygens (including phenoxy) is 2. The van der Waals surface area contributed by atoms with Gasteiger partial charge in [0.25, 0.3) is 0 Å². The fourth-order valence-corrected chi connectivity index (χ4v) is 1.84. The Labute approximate surface area is 123 Å². The Kier molecular flexibility index (Phi) is 4.35. The summed E-state index contributed by atoms with van der Waals surface area (Å²) in [7, 11) is 0. The van der Waals surface area contributed by atoms with Crippen LogP contribution in [-0.4, -0.2) is 18.9 Å². The Hall–Kier alpha value is -1.52. The SMILES string of the molecule is CC(C)(C)COC1OC(=O)C(Cl)=C1Nc1ccccc1. The van der Waals surface area contributed by atoms with Gasteiger partial charge in [-0.2, -0.15) is 0 Å². The number of carbonyl (C=O) groups is 1. The van der Waals surface area contributed by atoms with Crippen molar-refractivity contribution < 1.29 is 14.3 Å². The molecule has 0 spiro atoms. The molecular weight excluding hydrogens is 278 g/mol. The molecule has 0 bridgehead atoms. The molecule has 4 nitrogen and oxygen atoms in total. The molecule has 1 atom stereocenters. The van der Waals surface area contributed by atoms with Crippen LogP contribution in [0.2, 0.25) is 0 Å². The van der Waals surface area contributed by atoms with Crippen LogP contribution < -0.4 is 5.32 Å². The molecule has 1 aromatic carbocycles. The van der Waals surface area contributed by atoms with E-state index in [-0.39, 0.29) is 10.4 Å². The first kappa shape index (κ1) is 14.9. The summed E-state index contributed by atoms with van der Waals surface area (Å²) in [6, 6.07) is 9.44. The van der Waals surface area contributed by atoms with Crippen LogP contribution in [-0.2, 0) is 14.3 Å². The minimum Gasteiger partial charge on any atom is -0.425 e. The Balaban J connectivity index is 2.11. The summed E-state index contributed by atoms with van der Waals surface area (Å²) < 4.78 is 10.8. The Bertz CT molecular complexity index is 520. The van der Waals surface area contributed by atoms with Crippen molar-refractivity contribution in [3.63, 3.8) is 0 Å². The van der Waals surface area contributed by atoms with E-state index in [2.05, 4.69) is 5.32 Å². The third-order valence-corrected chi connectivity index (χ3v) is 2.94. The number of anilines is 1. The van der Waals surface area contributed by atoms with E-state index in [4.69, 9.17) is 21.1 Å². The van der Waals surface area contributed by atoms with Crippen LogP contribution in [0.15, 0.2) is 41.1 Å². The summed E-state index contributed by atoms with van der Waals surface area (Å²) in [4.78, 5) is 11.6. The van der Waals surface area contributed by atoms with E-state index >= 15 is 0 Å². The highest BCUT2D eigenvalue weighted by molar-refractivity contribution is 6.42. The van der Waals surface area contributed by atoms with E-state index < -0.39 is 12.3 Å². The highest BCUT2D eigenvalue weighted by atomic mass is 35.5. The maximum Gasteiger partial charge on any atom is 0.354 e. The van der Waals surface area contributed by atoms with E-state index in [0.29, 0.717) is 12.3 Å². The Morgan fingerprint density at radius 2 is 1.95 bits per heavy atom. The highest BCUT2D eigenvalue weighted by Crippen LogP contribution is 2.29. The van der Waals surface area contributed by atoms with Crippen LogP contribution in [0.1, 0.15) is 20.8 Å². The minimum atomic E-state index is -0.783. The highest BCUT2D eigenvalue weighted by Gasteiger charge is 2.35. The maximum atomic E-state index is 11.6. The number of cyclic esters (lactones) is 1. The van der Waals surface area contributed by atoms with E-state index in [1.807, 2.05) is 51.1 Å². The second-order valence-electron chi connectivity index (χ2n) is 5.83. The lowest BCUT2D eigenvalue weighted by Gasteiger charge is -2.22. The molecular formula is C15H18ClNO3. The van der Waals surface area contributed by atoms with Crippen LogP contribution in [0.3, 0.4) is 0 Å². The molecule has 2 rings (SSSR count). The Morgan fingerprint density at radius 1 is 1.30 bits per heavy atom. The molecule has 0 saturated heterocycles. The first-order chi connectivity index (χ1) is 9.37. The van der Waals surface area contributed by atoms with Crippen LogP contribution in [0.5, 0.6) is 0 Å². The fraction of sp³-hybridized carbons (Fsp3) is 0.400. The summed E-state index contributed by atoms with van der Waals surface area (Å²) in [5.41, 5.74) is 1.25. The van der Waals surface area contributed by atoms with Gasteiger partial charge >= 0.3 is 5.97 Å². The zero-order valence-corrected chi connectivity index (χ0v) is 12.5. The molecule has 1 aromatic rings. The van der Waals surface area contributed by atoms with Crippen molar-refractivity contribution in [3.05, 3.63) is 41.1 Å². The van der Waals surface area contributed by atoms with Crippen LogP contribution in [0.25, 0.3) is 0 Å². The zero-order valence-electron chi connectivity index (χ0n) is 11.8. The lowest BCUT2D eigenvalue weighted by atomic mass is 9.99. The average molecular weight is 296 g/mol. The number of halogens is 1. The summed E-state index contributed by atoms with van der Waals surface area (Å²) in [5.74, 6) is -0.566. The summed E-state index contributed by atoms with van der Waals surface area (Å²) in [6.45, 7) is 6.58. The second kappa shape index (κ2) is 5.85. The van der Waals surface area contributed by atoms with Gasteiger partial charge in [0.15, 0.2) is 5.03 Å². The number of rotatable bonds is 4. The maximum absolute atomic E-state index is 11.6. The molecule has 1 aliphatic heterocycles. The van der Waals surface area contributed by atoms with Crippen molar-refractivity contribution in [3.8, 4) is 0 Å². The number of esters is 1. The summed E-state index contributed by atoms with van der Waals surface area (Å²) in [6.07, 6.45) is -0.783. The van der Waals surface area contributed by atoms with Crippen molar-refractivity contribution in [2.24, 2.45) is 5.41 Å². The van der Waals surface area contributed by atoms with Crippen LogP contribution in [0, 0.1) is 5.41 Å². The van der Waals surface area contributed by atoms with Gasteiger partial charge in [-0.3, -0.25) is 0 Å². The van der Waals surface area contributed by atoms with Gasteiger partial charge in [-0.1, -0.05) is 50.6 Å². The van der Waals surface area contributed by atoms with Gasteiger partial charge in [0.05, 0.1) is 6.61 Å². The standard InChI is InChI=1S/C15H18ClNO3/c1-15(2,3)9-19-14-12(11(16)13(18)20-14)17-10-7-5-4-6-8-10/h4-8,14,17H,9H2,1-3H3. The topological polar surface area (TPSA) is 47.6 Å². The minimum absolute atomic E-state index is 0.0284. The summed E-state index contributed by atoms with van der Waals surface area (Å²) >= 11 is 5.99. The van der Waals surface area contributed by atoms with E-state index in [1.54, 1.807) is 0 Å². The van der Waals surface area contributed by atoms with Crippen molar-refractivity contribution in [1.29, 1.82) is 0 Å². The van der Waals surface area contributed by atoms with Gasteiger partial charge < -0.3 is 14.8 Å². The van der Waals surface area contributed by atoms with Crippen LogP contribution >= 0.6 is 11.6 Å². The average Bonchev–Trinajstić information content (AvgIpc) is 2.65. The molecule has 1 aliphatic rings. The number of carbonyl (C=O) groups excluding carboxylic acids is 1. The first-order valence-corrected chi connectivity index (χ1v) is 6.79. The van der Waals surface area contributed by atoms with Crippen LogP contribution in [0.4, 0.5) is 5.69 Å². The molecule has 0 amide bonds. The van der Waals surface area contributed by atoms with E-state index in [9.17, 15) is 4.79 Å². The zero-order chi connectivity index (χ0) is 14.8. The van der Waals surface area contributed by atoms with Gasteiger partial charge in [0.1, 0.15) is 5.70 Å². The number of hydrogen-bond donors (Lipinski definition) is 1. The van der Waals surface area contributed by atoms with Gasteiger partial charge in [0, 0.05) is 5.69 Å². The van der Waals surface area contributed by atoms with Gasteiger partial charge in [-0.25, -0.2) is 4.79 Å². The summed E-state index contributed by atoms with van der Waals surface area (Å²) in [5, 5.41) is 3.12. The van der Waals surface area contributed by atoms with Gasteiger partial charge in [-0.05, 0) is 17.5 Å². The number of benzene rings is 1. The van der Waals surface area contributed by atoms with Crippen molar-refractivity contribution >= 4 is 23.3 Å². The predicted molar refractivity (Wildman–Crippen MR) is 78.2 cm³/mol. The smallest absolute Gasteiger partial charge is 0.354 e. The molecule has 5 heteroatoms. The van der Waals surface area contributed by atoms with Crippen molar-refractivity contribution in [1.82, 2.24) is 0 Å². The molecule has 0 aromatic heterocycles. The van der Waals surface area contributed by atoms with Gasteiger partial charge in [-0.15, -0.1) is 0 Å². The molecule has 1 unspecified atom stereocenters. The molecule has 0 radical (unpaired) electrons. The lowest BCUT2D eigenvalue weighted by Crippen LogP contribution is -2.25. The molecule has 1 N–H and O–H groups in total. The number of nitrogens with one attached hydrogen (secondary N) is 1. The molecule has 108 valence electrons. The first-order valence-electron chi connectivity index (χ1n) is 6.41. The predicted octanol–water partition coefficient (Wildman–Crippen LogP) is 3.49. The monoisotopic (exact) mass is 295 g/mol. The third-order valence-electron chi connectivity index (χ3n) is 2.59. The molecule has 0 aliphatic carbocycles. The second-order valence-corrected chi connectivity index (χ2v) is 6.21. The number of hydrogen-bond acceptors (Lipinski definition) is 4.